The highest BCUT2D eigenvalue weighted by molar-refractivity contribution is 7.84. The quantitative estimate of drug-likeness (QED) is 0.920. The average Bonchev–Trinajstić information content (AvgIpc) is 2.38. The molecule has 0 fully saturated rings. The molecule has 2 aromatic rings. The zero-order chi connectivity index (χ0) is 13.8. The maximum atomic E-state index is 12.2. The average molecular weight is 277 g/mol. The molecule has 19 heavy (non-hydrogen) atoms. The summed E-state index contributed by atoms with van der Waals surface area (Å²) in [6.07, 6.45) is 1.58. The molecule has 0 amide bonds. The Hall–Kier alpha value is -1.95. The van der Waals surface area contributed by atoms with E-state index in [4.69, 9.17) is 10.5 Å². The summed E-state index contributed by atoms with van der Waals surface area (Å²) in [6, 6.07) is 6.99. The third-order valence-electron chi connectivity index (χ3n) is 2.51. The van der Waals surface area contributed by atoms with Gasteiger partial charge in [-0.05, 0) is 19.1 Å². The normalized spacial score (nSPS) is 12.1. The fourth-order valence-electron chi connectivity index (χ4n) is 1.69. The molecule has 0 saturated heterocycles. The lowest BCUT2D eigenvalue weighted by atomic mass is 10.3. The zero-order valence-corrected chi connectivity index (χ0v) is 11.6. The van der Waals surface area contributed by atoms with Crippen molar-refractivity contribution in [2.24, 2.45) is 0 Å². The van der Waals surface area contributed by atoms with Crippen molar-refractivity contribution in [1.29, 1.82) is 0 Å². The van der Waals surface area contributed by atoms with E-state index >= 15 is 0 Å². The third-order valence-corrected chi connectivity index (χ3v) is 3.84. The maximum absolute atomic E-state index is 12.2. The van der Waals surface area contributed by atoms with E-state index in [2.05, 4.69) is 9.97 Å². The van der Waals surface area contributed by atoms with Gasteiger partial charge in [-0.3, -0.25) is 9.19 Å². The first kappa shape index (κ1) is 13.5. The van der Waals surface area contributed by atoms with Crippen molar-refractivity contribution in [3.63, 3.8) is 0 Å². The van der Waals surface area contributed by atoms with Crippen LogP contribution in [0.4, 0.5) is 5.69 Å². The van der Waals surface area contributed by atoms with Gasteiger partial charge in [-0.15, -0.1) is 0 Å². The molecule has 0 aliphatic rings. The van der Waals surface area contributed by atoms with E-state index in [0.717, 1.165) is 5.69 Å². The number of anilines is 1. The predicted octanol–water partition coefficient (Wildman–Crippen LogP) is 1.68. The van der Waals surface area contributed by atoms with Gasteiger partial charge in [0.15, 0.2) is 0 Å². The number of pyridine rings is 2. The number of ether oxygens (including phenoxy) is 1. The van der Waals surface area contributed by atoms with E-state index in [-0.39, 0.29) is 5.75 Å². The molecule has 100 valence electrons. The third kappa shape index (κ3) is 3.29. The minimum atomic E-state index is -1.32. The fourth-order valence-corrected chi connectivity index (χ4v) is 2.75. The Labute approximate surface area is 114 Å². The summed E-state index contributed by atoms with van der Waals surface area (Å²) < 4.78 is 17.4. The van der Waals surface area contributed by atoms with Crippen LogP contribution in [0.5, 0.6) is 5.75 Å². The Morgan fingerprint density at radius 1 is 1.42 bits per heavy atom. The highest BCUT2D eigenvalue weighted by Crippen LogP contribution is 2.18. The number of aryl methyl sites for hydroxylation is 1. The Bertz CT molecular complexity index is 617. The van der Waals surface area contributed by atoms with E-state index < -0.39 is 10.8 Å². The highest BCUT2D eigenvalue weighted by Gasteiger charge is 2.11. The van der Waals surface area contributed by atoms with Crippen molar-refractivity contribution in [3.8, 4) is 5.75 Å². The highest BCUT2D eigenvalue weighted by atomic mass is 32.2. The Balaban J connectivity index is 2.24. The number of aromatic nitrogens is 2. The van der Waals surface area contributed by atoms with Crippen molar-refractivity contribution in [2.75, 3.05) is 12.8 Å². The Kier molecular flexibility index (Phi) is 4.11. The second kappa shape index (κ2) is 5.79. The van der Waals surface area contributed by atoms with Crippen LogP contribution in [0, 0.1) is 6.92 Å². The van der Waals surface area contributed by atoms with E-state index in [1.165, 1.54) is 0 Å². The lowest BCUT2D eigenvalue weighted by molar-refractivity contribution is 0.413. The molecule has 5 nitrogen and oxygen atoms in total. The summed E-state index contributed by atoms with van der Waals surface area (Å²) in [4.78, 5) is 8.39. The second-order valence-electron chi connectivity index (χ2n) is 4.03. The number of nitrogen functional groups attached to an aromatic ring is 1. The molecule has 0 aliphatic carbocycles. The van der Waals surface area contributed by atoms with E-state index in [0.29, 0.717) is 22.2 Å². The summed E-state index contributed by atoms with van der Waals surface area (Å²) in [6.45, 7) is 1.87. The summed E-state index contributed by atoms with van der Waals surface area (Å²) in [5.41, 5.74) is 7.71. The Morgan fingerprint density at radius 3 is 2.89 bits per heavy atom. The maximum Gasteiger partial charge on any atom is 0.150 e. The van der Waals surface area contributed by atoms with Crippen LogP contribution in [0.2, 0.25) is 0 Å². The van der Waals surface area contributed by atoms with Crippen LogP contribution in [0.1, 0.15) is 11.4 Å². The number of hydrogen-bond acceptors (Lipinski definition) is 5. The van der Waals surface area contributed by atoms with Crippen molar-refractivity contribution >= 4 is 16.5 Å². The van der Waals surface area contributed by atoms with Gasteiger partial charge in [0.1, 0.15) is 10.8 Å². The summed E-state index contributed by atoms with van der Waals surface area (Å²) in [5.74, 6) is 0.965. The van der Waals surface area contributed by atoms with E-state index in [1.807, 2.05) is 13.0 Å². The first-order valence-electron chi connectivity index (χ1n) is 5.70. The molecule has 2 rings (SSSR count). The second-order valence-corrected chi connectivity index (χ2v) is 5.39. The summed E-state index contributed by atoms with van der Waals surface area (Å²) in [5, 5.41) is 0.393. The molecule has 1 atom stereocenters. The fraction of sp³-hybridized carbons (Fsp3) is 0.231. The van der Waals surface area contributed by atoms with Crippen molar-refractivity contribution < 1.29 is 8.95 Å². The lowest BCUT2D eigenvalue weighted by Crippen LogP contribution is -2.05. The molecular formula is C13H15N3O2S. The number of nitrogens with zero attached hydrogens (tertiary/aromatic N) is 2. The predicted molar refractivity (Wildman–Crippen MR) is 74.3 cm³/mol. The number of nitrogens with two attached hydrogens (primary N) is 1. The van der Waals surface area contributed by atoms with Crippen LogP contribution in [0.25, 0.3) is 0 Å². The van der Waals surface area contributed by atoms with Gasteiger partial charge in [0.25, 0.3) is 0 Å². The molecule has 0 aliphatic heterocycles. The smallest absolute Gasteiger partial charge is 0.150 e. The standard InChI is InChI=1S/C13H15N3O2S/c1-9-6-11(18-2)7-10(16-9)8-19(17)13-12(14)4-3-5-15-13/h3-7H,8,14H2,1-2H3. The Morgan fingerprint density at radius 2 is 2.21 bits per heavy atom. The number of rotatable bonds is 4. The molecule has 0 aromatic carbocycles. The van der Waals surface area contributed by atoms with Gasteiger partial charge in [-0.2, -0.15) is 0 Å². The van der Waals surface area contributed by atoms with Crippen LogP contribution >= 0.6 is 0 Å². The van der Waals surface area contributed by atoms with Crippen LogP contribution in [0.3, 0.4) is 0 Å². The van der Waals surface area contributed by atoms with Gasteiger partial charge >= 0.3 is 0 Å². The molecule has 2 heterocycles. The van der Waals surface area contributed by atoms with Gasteiger partial charge in [0.2, 0.25) is 0 Å². The minimum Gasteiger partial charge on any atom is -0.497 e. The van der Waals surface area contributed by atoms with Crippen LogP contribution in [-0.4, -0.2) is 21.3 Å². The molecule has 0 bridgehead atoms. The van der Waals surface area contributed by atoms with Gasteiger partial charge < -0.3 is 10.5 Å². The lowest BCUT2D eigenvalue weighted by Gasteiger charge is -2.07. The largest absolute Gasteiger partial charge is 0.497 e. The first-order chi connectivity index (χ1) is 9.10. The molecule has 1 unspecified atom stereocenters. The van der Waals surface area contributed by atoms with Gasteiger partial charge in [-0.25, -0.2) is 4.98 Å². The zero-order valence-electron chi connectivity index (χ0n) is 10.8. The number of methoxy groups -OCH3 is 1. The molecule has 6 heteroatoms. The molecule has 2 aromatic heterocycles. The molecule has 0 spiro atoms. The summed E-state index contributed by atoms with van der Waals surface area (Å²) in [7, 11) is 0.271. The first-order valence-corrected chi connectivity index (χ1v) is 7.02. The number of hydrogen-bond donors (Lipinski definition) is 1. The SMILES string of the molecule is COc1cc(C)nc(CS(=O)c2ncccc2N)c1. The molecule has 0 saturated carbocycles. The van der Waals surface area contributed by atoms with E-state index in [1.54, 1.807) is 31.5 Å². The van der Waals surface area contributed by atoms with Gasteiger partial charge in [-0.1, -0.05) is 0 Å². The summed E-state index contributed by atoms with van der Waals surface area (Å²) >= 11 is 0. The molecular weight excluding hydrogens is 262 g/mol. The molecule has 2 N–H and O–H groups in total. The van der Waals surface area contributed by atoms with E-state index in [9.17, 15) is 4.21 Å². The van der Waals surface area contributed by atoms with Crippen LogP contribution in [-0.2, 0) is 16.6 Å². The van der Waals surface area contributed by atoms with Crippen molar-refractivity contribution in [1.82, 2.24) is 9.97 Å². The van der Waals surface area contributed by atoms with Crippen LogP contribution in [0.15, 0.2) is 35.5 Å². The minimum absolute atomic E-state index is 0.263. The topological polar surface area (TPSA) is 78.1 Å². The van der Waals surface area contributed by atoms with Crippen LogP contribution < -0.4 is 10.5 Å². The van der Waals surface area contributed by atoms with Gasteiger partial charge in [0.05, 0.1) is 35.0 Å². The van der Waals surface area contributed by atoms with Crippen molar-refractivity contribution in [3.05, 3.63) is 41.9 Å². The van der Waals surface area contributed by atoms with Gasteiger partial charge in [0, 0.05) is 24.0 Å². The monoisotopic (exact) mass is 277 g/mol. The molecule has 0 radical (unpaired) electrons. The van der Waals surface area contributed by atoms with Crippen molar-refractivity contribution in [2.45, 2.75) is 17.7 Å².